The molecular weight excluding hydrogens is 487 g/mol. The fraction of sp³-hybridized carbons (Fsp3) is 0. The summed E-state index contributed by atoms with van der Waals surface area (Å²) in [6.45, 7) is 0. The predicted octanol–water partition coefficient (Wildman–Crippen LogP) is 1.10. The molecule has 5 rings (SSSR count). The topological polar surface area (TPSA) is 180 Å². The van der Waals surface area contributed by atoms with E-state index in [0.29, 0.717) is 0 Å². The third-order valence-electron chi connectivity index (χ3n) is 5.23. The molecule has 0 aliphatic rings. The molecule has 0 saturated heterocycles. The molecule has 13 heteroatoms. The van der Waals surface area contributed by atoms with E-state index in [1.807, 2.05) is 0 Å². The number of benzene rings is 3. The first kappa shape index (κ1) is 23.1. The Kier molecular flexibility index (Phi) is 5.25. The number of aromatic amines is 2. The standard InChI is InChI=1S/C20H12N2O8S2.Al/c23-19-11-5-9(31(25,26)27)1-3-15(11)21-17-7-14-18(8-13(17)19)22-16-4-2-10(32(28,29)30)6-12(16)20(14)24;/h1-8H,(H,21,23)(H,22,24)(H,25,26,27)(H,28,29,30);/q;+3/p-2. The average Bonchev–Trinajstić information content (AvgIpc) is 2.71. The van der Waals surface area contributed by atoms with Gasteiger partial charge in [0.25, 0.3) is 0 Å². The number of hydrogen-bond acceptors (Lipinski definition) is 8. The molecule has 2 heterocycles. The third kappa shape index (κ3) is 3.74. The molecule has 0 aliphatic carbocycles. The van der Waals surface area contributed by atoms with Crippen LogP contribution in [-0.4, -0.2) is 53.3 Å². The van der Waals surface area contributed by atoms with E-state index in [4.69, 9.17) is 0 Å². The second-order valence-corrected chi connectivity index (χ2v) is 9.93. The summed E-state index contributed by atoms with van der Waals surface area (Å²) in [6, 6.07) is 9.49. The van der Waals surface area contributed by atoms with Crippen molar-refractivity contribution in [3.8, 4) is 0 Å². The average molecular weight is 497 g/mol. The molecule has 5 aromatic rings. The summed E-state index contributed by atoms with van der Waals surface area (Å²) in [6.07, 6.45) is 0. The predicted molar refractivity (Wildman–Crippen MR) is 119 cm³/mol. The first-order valence-electron chi connectivity index (χ1n) is 8.95. The van der Waals surface area contributed by atoms with Crippen LogP contribution in [0.2, 0.25) is 0 Å². The van der Waals surface area contributed by atoms with E-state index >= 15 is 0 Å². The zero-order chi connectivity index (χ0) is 23.0. The molecular formula is C20H10AlN2O8S2+. The number of rotatable bonds is 2. The molecule has 0 amide bonds. The quantitative estimate of drug-likeness (QED) is 0.207. The van der Waals surface area contributed by atoms with Gasteiger partial charge in [-0.2, -0.15) is 0 Å². The van der Waals surface area contributed by atoms with E-state index in [1.54, 1.807) is 0 Å². The Labute approximate surface area is 195 Å². The van der Waals surface area contributed by atoms with Gasteiger partial charge < -0.3 is 19.1 Å². The first-order chi connectivity index (χ1) is 14.9. The van der Waals surface area contributed by atoms with E-state index in [9.17, 15) is 35.5 Å². The van der Waals surface area contributed by atoms with Crippen LogP contribution in [0.25, 0.3) is 43.6 Å². The van der Waals surface area contributed by atoms with Gasteiger partial charge in [0, 0.05) is 32.6 Å². The normalized spacial score (nSPS) is 12.4. The fourth-order valence-corrected chi connectivity index (χ4v) is 4.71. The number of aromatic nitrogens is 2. The maximum absolute atomic E-state index is 13.0. The van der Waals surface area contributed by atoms with Gasteiger partial charge in [0.1, 0.15) is 20.2 Å². The Hall–Kier alpha value is -3.05. The van der Waals surface area contributed by atoms with Crippen molar-refractivity contribution in [1.29, 1.82) is 0 Å². The number of fused-ring (bicyclic) bond motifs is 4. The van der Waals surface area contributed by atoms with Gasteiger partial charge in [-0.05, 0) is 48.5 Å². The summed E-state index contributed by atoms with van der Waals surface area (Å²) in [5.41, 5.74) is -0.0439. The number of pyridine rings is 2. The van der Waals surface area contributed by atoms with Crippen LogP contribution < -0.4 is 10.9 Å². The minimum Gasteiger partial charge on any atom is -0.744 e. The Morgan fingerprint density at radius 2 is 0.879 bits per heavy atom. The SMILES string of the molecule is O=c1c2cc(S(=O)(=O)[O-])ccc2[nH]c2cc3c(=O)c4cc(S(=O)(=O)[O-])ccc4[nH]c3cc12.[Al+3]. The van der Waals surface area contributed by atoms with Crippen LogP contribution in [0.4, 0.5) is 0 Å². The van der Waals surface area contributed by atoms with Crippen LogP contribution in [0.15, 0.2) is 67.9 Å². The molecule has 3 aromatic carbocycles. The van der Waals surface area contributed by atoms with E-state index in [1.165, 1.54) is 24.3 Å². The second-order valence-electron chi connectivity index (χ2n) is 7.17. The number of H-pyrrole nitrogens is 2. The minimum absolute atomic E-state index is 0. The summed E-state index contributed by atoms with van der Waals surface area (Å²) >= 11 is 0. The zero-order valence-electron chi connectivity index (χ0n) is 16.3. The van der Waals surface area contributed by atoms with Gasteiger partial charge in [-0.1, -0.05) is 0 Å². The minimum atomic E-state index is -4.76. The van der Waals surface area contributed by atoms with Crippen molar-refractivity contribution in [1.82, 2.24) is 9.97 Å². The fourth-order valence-electron chi connectivity index (χ4n) is 3.71. The molecule has 0 radical (unpaired) electrons. The zero-order valence-corrected chi connectivity index (χ0v) is 19.1. The van der Waals surface area contributed by atoms with E-state index < -0.39 is 40.9 Å². The molecule has 0 fully saturated rings. The van der Waals surface area contributed by atoms with Crippen molar-refractivity contribution >= 4 is 81.2 Å². The summed E-state index contributed by atoms with van der Waals surface area (Å²) < 4.78 is 67.9. The molecule has 0 unspecified atom stereocenters. The van der Waals surface area contributed by atoms with Crippen LogP contribution >= 0.6 is 0 Å². The van der Waals surface area contributed by atoms with Gasteiger partial charge in [-0.25, -0.2) is 16.8 Å². The molecule has 0 bridgehead atoms. The molecule has 2 aromatic heterocycles. The Balaban J connectivity index is 0.00000259. The summed E-state index contributed by atoms with van der Waals surface area (Å²) in [4.78, 5) is 30.8. The maximum Gasteiger partial charge on any atom is 3.00 e. The van der Waals surface area contributed by atoms with Crippen molar-refractivity contribution in [3.63, 3.8) is 0 Å². The van der Waals surface area contributed by atoms with E-state index in [0.717, 1.165) is 24.3 Å². The Morgan fingerprint density at radius 3 is 1.21 bits per heavy atom. The van der Waals surface area contributed by atoms with Gasteiger partial charge in [0.15, 0.2) is 10.9 Å². The van der Waals surface area contributed by atoms with Crippen molar-refractivity contribution in [2.24, 2.45) is 0 Å². The van der Waals surface area contributed by atoms with Crippen LogP contribution in [0.5, 0.6) is 0 Å². The van der Waals surface area contributed by atoms with Crippen LogP contribution in [0.1, 0.15) is 0 Å². The first-order valence-corrected chi connectivity index (χ1v) is 11.8. The van der Waals surface area contributed by atoms with Crippen LogP contribution in [-0.2, 0) is 20.2 Å². The van der Waals surface area contributed by atoms with Gasteiger partial charge in [-0.15, -0.1) is 0 Å². The van der Waals surface area contributed by atoms with E-state index in [-0.39, 0.29) is 61.0 Å². The molecule has 33 heavy (non-hydrogen) atoms. The van der Waals surface area contributed by atoms with Crippen molar-refractivity contribution < 1.29 is 25.9 Å². The molecule has 0 atom stereocenters. The van der Waals surface area contributed by atoms with Crippen molar-refractivity contribution in [2.75, 3.05) is 0 Å². The molecule has 0 aliphatic heterocycles. The van der Waals surface area contributed by atoms with Crippen molar-refractivity contribution in [2.45, 2.75) is 9.79 Å². The summed E-state index contributed by atoms with van der Waals surface area (Å²) in [5, 5.41) is 0.253. The summed E-state index contributed by atoms with van der Waals surface area (Å²) in [7, 11) is -9.52. The summed E-state index contributed by atoms with van der Waals surface area (Å²) in [5.74, 6) is 0. The monoisotopic (exact) mass is 497 g/mol. The van der Waals surface area contributed by atoms with Gasteiger partial charge in [-0.3, -0.25) is 9.59 Å². The number of hydrogen-bond donors (Lipinski definition) is 2. The van der Waals surface area contributed by atoms with E-state index in [2.05, 4.69) is 9.97 Å². The molecule has 162 valence electrons. The Morgan fingerprint density at radius 1 is 0.545 bits per heavy atom. The molecule has 0 spiro atoms. The number of nitrogens with one attached hydrogen (secondary N) is 2. The van der Waals surface area contributed by atoms with Gasteiger partial charge in [0.05, 0.1) is 20.8 Å². The van der Waals surface area contributed by atoms with Gasteiger partial charge >= 0.3 is 17.4 Å². The molecule has 0 saturated carbocycles. The maximum atomic E-state index is 13.0. The van der Waals surface area contributed by atoms with Crippen LogP contribution in [0, 0.1) is 0 Å². The molecule has 10 nitrogen and oxygen atoms in total. The van der Waals surface area contributed by atoms with Crippen LogP contribution in [0.3, 0.4) is 0 Å². The molecule has 2 N–H and O–H groups in total. The van der Waals surface area contributed by atoms with Crippen molar-refractivity contribution in [3.05, 3.63) is 69.0 Å². The largest absolute Gasteiger partial charge is 3.00 e. The Bertz CT molecular complexity index is 1830. The third-order valence-corrected chi connectivity index (χ3v) is 6.90. The second kappa shape index (κ2) is 7.49. The smallest absolute Gasteiger partial charge is 0.744 e. The van der Waals surface area contributed by atoms with Gasteiger partial charge in [0.2, 0.25) is 0 Å².